The van der Waals surface area contributed by atoms with Crippen LogP contribution in [0.15, 0.2) is 12.7 Å². The predicted octanol–water partition coefficient (Wildman–Crippen LogP) is 2.36. The van der Waals surface area contributed by atoms with Crippen LogP contribution >= 0.6 is 0 Å². The fraction of sp³-hybridized carbons (Fsp3) is 0.778. The number of hydrogen-bond donors (Lipinski definition) is 1. The number of allylic oxidation sites excluding steroid dienone is 1. The Bertz CT molecular complexity index is 88.7. The molecule has 0 heterocycles. The minimum atomic E-state index is -0.109. The molecule has 2 unspecified atom stereocenters. The van der Waals surface area contributed by atoms with E-state index in [1.54, 1.807) is 0 Å². The predicted molar refractivity (Wildman–Crippen MR) is 44.9 cm³/mol. The average Bonchev–Trinajstić information content (AvgIpc) is 1.99. The normalized spacial score (nSPS) is 16.3. The number of aliphatic hydroxyl groups is 1. The lowest BCUT2D eigenvalue weighted by Gasteiger charge is -2.09. The third-order valence-corrected chi connectivity index (χ3v) is 1.83. The molecule has 0 aliphatic heterocycles. The van der Waals surface area contributed by atoms with Crippen molar-refractivity contribution in [3.05, 3.63) is 12.7 Å². The molecule has 0 radical (unpaired) electrons. The summed E-state index contributed by atoms with van der Waals surface area (Å²) in [6.07, 6.45) is 4.65. The summed E-state index contributed by atoms with van der Waals surface area (Å²) in [5, 5.41) is 9.17. The summed E-state index contributed by atoms with van der Waals surface area (Å²) in [4.78, 5) is 0. The molecule has 0 rings (SSSR count). The maximum atomic E-state index is 9.17. The van der Waals surface area contributed by atoms with E-state index in [0.717, 1.165) is 19.3 Å². The van der Waals surface area contributed by atoms with Gasteiger partial charge in [-0.15, -0.1) is 6.58 Å². The van der Waals surface area contributed by atoms with Gasteiger partial charge in [0.05, 0.1) is 6.10 Å². The molecule has 0 aromatic heterocycles. The van der Waals surface area contributed by atoms with E-state index in [0.29, 0.717) is 5.92 Å². The fourth-order valence-electron chi connectivity index (χ4n) is 0.777. The standard InChI is InChI=1S/C9H18O/c1-4-8(3)6-7-9(10)5-2/h4,8-10H,1,5-7H2,2-3H3. The minimum absolute atomic E-state index is 0.109. The SMILES string of the molecule is C=CC(C)CCC(O)CC. The van der Waals surface area contributed by atoms with Crippen LogP contribution in [0.2, 0.25) is 0 Å². The van der Waals surface area contributed by atoms with Gasteiger partial charge in [0.15, 0.2) is 0 Å². The van der Waals surface area contributed by atoms with E-state index in [9.17, 15) is 0 Å². The lowest BCUT2D eigenvalue weighted by Crippen LogP contribution is -2.05. The molecule has 0 aromatic carbocycles. The van der Waals surface area contributed by atoms with Crippen LogP contribution in [0.25, 0.3) is 0 Å². The molecule has 0 saturated heterocycles. The highest BCUT2D eigenvalue weighted by atomic mass is 16.3. The zero-order valence-electron chi connectivity index (χ0n) is 7.01. The number of hydrogen-bond acceptors (Lipinski definition) is 1. The van der Waals surface area contributed by atoms with Crippen LogP contribution < -0.4 is 0 Å². The van der Waals surface area contributed by atoms with Crippen molar-refractivity contribution in [3.8, 4) is 0 Å². The molecule has 60 valence electrons. The van der Waals surface area contributed by atoms with E-state index < -0.39 is 0 Å². The molecule has 0 saturated carbocycles. The molecule has 0 amide bonds. The summed E-state index contributed by atoms with van der Waals surface area (Å²) in [5.74, 6) is 0.543. The van der Waals surface area contributed by atoms with Gasteiger partial charge < -0.3 is 5.11 Å². The van der Waals surface area contributed by atoms with Crippen LogP contribution in [0.4, 0.5) is 0 Å². The highest BCUT2D eigenvalue weighted by Gasteiger charge is 2.02. The Morgan fingerprint density at radius 2 is 2.10 bits per heavy atom. The summed E-state index contributed by atoms with van der Waals surface area (Å²) in [7, 11) is 0. The van der Waals surface area contributed by atoms with Crippen molar-refractivity contribution in [1.29, 1.82) is 0 Å². The van der Waals surface area contributed by atoms with Gasteiger partial charge in [0.1, 0.15) is 0 Å². The molecule has 1 heteroatoms. The molecular formula is C9H18O. The molecule has 0 aromatic rings. The van der Waals surface area contributed by atoms with Gasteiger partial charge in [0.2, 0.25) is 0 Å². The lowest BCUT2D eigenvalue weighted by atomic mass is 10.0. The molecule has 0 bridgehead atoms. The van der Waals surface area contributed by atoms with E-state index in [4.69, 9.17) is 5.11 Å². The molecule has 1 N–H and O–H groups in total. The van der Waals surface area contributed by atoms with E-state index in [1.165, 1.54) is 0 Å². The van der Waals surface area contributed by atoms with Crippen LogP contribution in [0.3, 0.4) is 0 Å². The second-order valence-corrected chi connectivity index (χ2v) is 2.85. The Hall–Kier alpha value is -0.300. The van der Waals surface area contributed by atoms with Crippen molar-refractivity contribution < 1.29 is 5.11 Å². The first-order chi connectivity index (χ1) is 4.70. The molecule has 1 nitrogen and oxygen atoms in total. The number of aliphatic hydroxyl groups excluding tert-OH is 1. The lowest BCUT2D eigenvalue weighted by molar-refractivity contribution is 0.154. The van der Waals surface area contributed by atoms with Gasteiger partial charge in [-0.3, -0.25) is 0 Å². The second-order valence-electron chi connectivity index (χ2n) is 2.85. The van der Waals surface area contributed by atoms with Gasteiger partial charge in [-0.05, 0) is 25.2 Å². The summed E-state index contributed by atoms with van der Waals surface area (Å²) < 4.78 is 0. The largest absolute Gasteiger partial charge is 0.393 e. The molecule has 10 heavy (non-hydrogen) atoms. The van der Waals surface area contributed by atoms with E-state index in [1.807, 2.05) is 13.0 Å². The van der Waals surface area contributed by atoms with Crippen LogP contribution in [0.1, 0.15) is 33.1 Å². The second kappa shape index (κ2) is 5.48. The zero-order valence-corrected chi connectivity index (χ0v) is 7.01. The van der Waals surface area contributed by atoms with Crippen molar-refractivity contribution >= 4 is 0 Å². The van der Waals surface area contributed by atoms with Crippen LogP contribution in [0, 0.1) is 5.92 Å². The first-order valence-electron chi connectivity index (χ1n) is 4.01. The monoisotopic (exact) mass is 142 g/mol. The van der Waals surface area contributed by atoms with Gasteiger partial charge in [-0.25, -0.2) is 0 Å². The van der Waals surface area contributed by atoms with E-state index >= 15 is 0 Å². The van der Waals surface area contributed by atoms with Gasteiger partial charge in [0, 0.05) is 0 Å². The third kappa shape index (κ3) is 4.57. The van der Waals surface area contributed by atoms with Crippen LogP contribution in [0.5, 0.6) is 0 Å². The van der Waals surface area contributed by atoms with E-state index in [2.05, 4.69) is 13.5 Å². The van der Waals surface area contributed by atoms with Crippen LogP contribution in [-0.2, 0) is 0 Å². The molecule has 0 spiro atoms. The molecule has 0 fully saturated rings. The Morgan fingerprint density at radius 1 is 1.50 bits per heavy atom. The van der Waals surface area contributed by atoms with Gasteiger partial charge in [0.25, 0.3) is 0 Å². The maximum absolute atomic E-state index is 9.17. The first kappa shape index (κ1) is 9.70. The van der Waals surface area contributed by atoms with Crippen molar-refractivity contribution in [1.82, 2.24) is 0 Å². The van der Waals surface area contributed by atoms with Crippen LogP contribution in [-0.4, -0.2) is 11.2 Å². The van der Waals surface area contributed by atoms with E-state index in [-0.39, 0.29) is 6.10 Å². The molecule has 0 aliphatic carbocycles. The third-order valence-electron chi connectivity index (χ3n) is 1.83. The zero-order chi connectivity index (χ0) is 7.98. The smallest absolute Gasteiger partial charge is 0.0537 e. The summed E-state index contributed by atoms with van der Waals surface area (Å²) >= 11 is 0. The molecule has 2 atom stereocenters. The van der Waals surface area contributed by atoms with Gasteiger partial charge in [-0.2, -0.15) is 0 Å². The average molecular weight is 142 g/mol. The Balaban J connectivity index is 3.25. The van der Waals surface area contributed by atoms with Crippen molar-refractivity contribution in [2.45, 2.75) is 39.2 Å². The van der Waals surface area contributed by atoms with Gasteiger partial charge in [-0.1, -0.05) is 19.9 Å². The Morgan fingerprint density at radius 3 is 2.50 bits per heavy atom. The minimum Gasteiger partial charge on any atom is -0.393 e. The van der Waals surface area contributed by atoms with Gasteiger partial charge >= 0.3 is 0 Å². The van der Waals surface area contributed by atoms with Crippen molar-refractivity contribution in [2.24, 2.45) is 5.92 Å². The van der Waals surface area contributed by atoms with Crippen molar-refractivity contribution in [2.75, 3.05) is 0 Å². The summed E-state index contributed by atoms with van der Waals surface area (Å²) in [6.45, 7) is 7.81. The topological polar surface area (TPSA) is 20.2 Å². The highest BCUT2D eigenvalue weighted by Crippen LogP contribution is 2.09. The Kier molecular flexibility index (Phi) is 5.32. The fourth-order valence-corrected chi connectivity index (χ4v) is 0.777. The highest BCUT2D eigenvalue weighted by molar-refractivity contribution is 4.75. The maximum Gasteiger partial charge on any atom is 0.0537 e. The molecule has 0 aliphatic rings. The number of rotatable bonds is 5. The van der Waals surface area contributed by atoms with Crippen molar-refractivity contribution in [3.63, 3.8) is 0 Å². The summed E-state index contributed by atoms with van der Waals surface area (Å²) in [5.41, 5.74) is 0. The Labute approximate surface area is 63.8 Å². The molecular weight excluding hydrogens is 124 g/mol. The summed E-state index contributed by atoms with van der Waals surface area (Å²) in [6, 6.07) is 0. The first-order valence-corrected chi connectivity index (χ1v) is 4.01. The quantitative estimate of drug-likeness (QED) is 0.584.